The number of aromatic hydroxyl groups is 2. The van der Waals surface area contributed by atoms with Crippen molar-refractivity contribution in [3.63, 3.8) is 0 Å². The third-order valence-electron chi connectivity index (χ3n) is 4.75. The van der Waals surface area contributed by atoms with Gasteiger partial charge in [0, 0.05) is 0 Å². The quantitative estimate of drug-likeness (QED) is 0.514. The maximum Gasteiger partial charge on any atom is 0.122 e. The smallest absolute Gasteiger partial charge is 0.122 e. The lowest BCUT2D eigenvalue weighted by Gasteiger charge is -2.11. The Hall–Kier alpha value is -2.74. The number of rotatable bonds is 7. The zero-order valence-electron chi connectivity index (χ0n) is 17.7. The number of phenols is 2. The minimum atomic E-state index is 0.233. The van der Waals surface area contributed by atoms with Gasteiger partial charge in [0.1, 0.15) is 11.5 Å². The number of hydrogen-bond acceptors (Lipinski definition) is 2. The van der Waals surface area contributed by atoms with Gasteiger partial charge in [0.25, 0.3) is 0 Å². The van der Waals surface area contributed by atoms with Crippen molar-refractivity contribution in [2.45, 2.75) is 53.4 Å². The summed E-state index contributed by atoms with van der Waals surface area (Å²) < 4.78 is 0. The summed E-state index contributed by atoms with van der Waals surface area (Å²) in [4.78, 5) is 0. The summed E-state index contributed by atoms with van der Waals surface area (Å²) in [6.07, 6.45) is 10.0. The topological polar surface area (TPSA) is 40.5 Å². The molecule has 0 saturated heterocycles. The zero-order valence-corrected chi connectivity index (χ0v) is 17.7. The van der Waals surface area contributed by atoms with E-state index in [2.05, 4.69) is 71.1 Å². The second-order valence-electron chi connectivity index (χ2n) is 7.90. The molecule has 0 aliphatic carbocycles. The first-order valence-corrected chi connectivity index (χ1v) is 9.85. The van der Waals surface area contributed by atoms with E-state index in [1.165, 1.54) is 11.1 Å². The molecule has 0 aliphatic rings. The number of benzene rings is 2. The standard InChI is InChI=1S/C26H32O2/c1-18(2)6-10-23-16-21(17-24(26(23)28)11-7-19(3)4)9-8-20(5)22-12-14-25(27)15-13-22/h6-9,12-17,20,27-28H,10-11H2,1-5H3. The summed E-state index contributed by atoms with van der Waals surface area (Å²) >= 11 is 0. The summed E-state index contributed by atoms with van der Waals surface area (Å²) in [5.41, 5.74) is 6.65. The number of hydrogen-bond donors (Lipinski definition) is 2. The monoisotopic (exact) mass is 376 g/mol. The van der Waals surface area contributed by atoms with Crippen molar-refractivity contribution in [2.75, 3.05) is 0 Å². The van der Waals surface area contributed by atoms with Crippen LogP contribution in [0.1, 0.15) is 62.8 Å². The van der Waals surface area contributed by atoms with Crippen molar-refractivity contribution in [2.24, 2.45) is 0 Å². The molecule has 2 rings (SSSR count). The van der Waals surface area contributed by atoms with Crippen LogP contribution in [-0.2, 0) is 12.8 Å². The molecule has 28 heavy (non-hydrogen) atoms. The van der Waals surface area contributed by atoms with Gasteiger partial charge in [-0.05, 0) is 93.0 Å². The maximum atomic E-state index is 10.7. The van der Waals surface area contributed by atoms with Gasteiger partial charge in [-0.25, -0.2) is 0 Å². The van der Waals surface area contributed by atoms with Crippen LogP contribution in [0.25, 0.3) is 6.08 Å². The van der Waals surface area contributed by atoms with Gasteiger partial charge in [-0.2, -0.15) is 0 Å². The Kier molecular flexibility index (Phi) is 7.69. The second kappa shape index (κ2) is 9.98. The lowest BCUT2D eigenvalue weighted by molar-refractivity contribution is 0.464. The third-order valence-corrected chi connectivity index (χ3v) is 4.75. The van der Waals surface area contributed by atoms with Gasteiger partial charge >= 0.3 is 0 Å². The summed E-state index contributed by atoms with van der Waals surface area (Å²) in [6, 6.07) is 11.5. The lowest BCUT2D eigenvalue weighted by atomic mass is 9.96. The Bertz CT molecular complexity index is 834. The SMILES string of the molecule is CC(C)=CCc1cc(C=CC(C)c2ccc(O)cc2)cc(CC=C(C)C)c1O. The predicted molar refractivity (Wildman–Crippen MR) is 120 cm³/mol. The van der Waals surface area contributed by atoms with Crippen molar-refractivity contribution >= 4 is 6.08 Å². The molecular weight excluding hydrogens is 344 g/mol. The molecule has 0 fully saturated rings. The van der Waals surface area contributed by atoms with Crippen molar-refractivity contribution < 1.29 is 10.2 Å². The fourth-order valence-electron chi connectivity index (χ4n) is 2.97. The Balaban J connectivity index is 2.34. The summed E-state index contributed by atoms with van der Waals surface area (Å²) in [5.74, 6) is 0.918. The van der Waals surface area contributed by atoms with E-state index in [1.807, 2.05) is 12.1 Å². The normalized spacial score (nSPS) is 12.0. The van der Waals surface area contributed by atoms with Gasteiger partial charge < -0.3 is 10.2 Å². The molecule has 0 radical (unpaired) electrons. The average Bonchev–Trinajstić information content (AvgIpc) is 2.65. The van der Waals surface area contributed by atoms with Gasteiger partial charge in [-0.1, -0.05) is 54.5 Å². The highest BCUT2D eigenvalue weighted by Crippen LogP contribution is 2.28. The molecule has 2 heteroatoms. The van der Waals surface area contributed by atoms with Gasteiger partial charge in [0.05, 0.1) is 0 Å². The van der Waals surface area contributed by atoms with Crippen LogP contribution in [0.3, 0.4) is 0 Å². The van der Waals surface area contributed by atoms with Crippen LogP contribution >= 0.6 is 0 Å². The molecule has 2 aromatic rings. The first kappa shape index (κ1) is 21.6. The van der Waals surface area contributed by atoms with Crippen LogP contribution in [0.2, 0.25) is 0 Å². The van der Waals surface area contributed by atoms with Gasteiger partial charge in [-0.15, -0.1) is 0 Å². The molecule has 0 heterocycles. The molecular formula is C26H32O2. The molecule has 1 unspecified atom stereocenters. The van der Waals surface area contributed by atoms with E-state index in [-0.39, 0.29) is 11.7 Å². The highest BCUT2D eigenvalue weighted by molar-refractivity contribution is 5.58. The maximum absolute atomic E-state index is 10.7. The summed E-state index contributed by atoms with van der Waals surface area (Å²) in [7, 11) is 0. The highest BCUT2D eigenvalue weighted by Gasteiger charge is 2.09. The summed E-state index contributed by atoms with van der Waals surface area (Å²) in [5, 5.41) is 20.2. The number of allylic oxidation sites excluding steroid dienone is 5. The predicted octanol–water partition coefficient (Wildman–Crippen LogP) is 6.93. The van der Waals surface area contributed by atoms with E-state index >= 15 is 0 Å². The Labute approximate surface area is 169 Å². The Morgan fingerprint density at radius 3 is 1.82 bits per heavy atom. The van der Waals surface area contributed by atoms with Crippen molar-refractivity contribution in [3.8, 4) is 11.5 Å². The van der Waals surface area contributed by atoms with Gasteiger partial charge in [-0.3, -0.25) is 0 Å². The molecule has 0 amide bonds. The van der Waals surface area contributed by atoms with E-state index in [1.54, 1.807) is 12.1 Å². The minimum absolute atomic E-state index is 0.233. The fraction of sp³-hybridized carbons (Fsp3) is 0.308. The van der Waals surface area contributed by atoms with Crippen molar-refractivity contribution in [1.82, 2.24) is 0 Å². The molecule has 0 spiro atoms. The summed E-state index contributed by atoms with van der Waals surface area (Å²) in [6.45, 7) is 10.4. The van der Waals surface area contributed by atoms with Crippen LogP contribution in [0.5, 0.6) is 11.5 Å². The third kappa shape index (κ3) is 6.45. The van der Waals surface area contributed by atoms with E-state index in [4.69, 9.17) is 0 Å². The highest BCUT2D eigenvalue weighted by atomic mass is 16.3. The molecule has 1 atom stereocenters. The van der Waals surface area contributed by atoms with Gasteiger partial charge in [0.15, 0.2) is 0 Å². The largest absolute Gasteiger partial charge is 0.508 e. The molecule has 2 N–H and O–H groups in total. The molecule has 0 saturated carbocycles. The zero-order chi connectivity index (χ0) is 20.7. The molecule has 0 bridgehead atoms. The number of phenolic OH excluding ortho intramolecular Hbond substituents is 2. The molecule has 0 aromatic heterocycles. The molecule has 148 valence electrons. The van der Waals surface area contributed by atoms with E-state index in [0.717, 1.165) is 35.1 Å². The molecule has 0 aliphatic heterocycles. The average molecular weight is 377 g/mol. The van der Waals surface area contributed by atoms with Crippen molar-refractivity contribution in [3.05, 3.63) is 88.0 Å². The van der Waals surface area contributed by atoms with Crippen LogP contribution < -0.4 is 0 Å². The molecule has 2 nitrogen and oxygen atoms in total. The minimum Gasteiger partial charge on any atom is -0.508 e. The first-order chi connectivity index (χ1) is 13.3. The molecule has 2 aromatic carbocycles. The van der Waals surface area contributed by atoms with E-state index < -0.39 is 0 Å². The Morgan fingerprint density at radius 1 is 0.857 bits per heavy atom. The van der Waals surface area contributed by atoms with Crippen LogP contribution in [0, 0.1) is 0 Å². The van der Waals surface area contributed by atoms with Crippen LogP contribution in [0.15, 0.2) is 65.8 Å². The Morgan fingerprint density at radius 2 is 1.36 bits per heavy atom. The van der Waals surface area contributed by atoms with Crippen LogP contribution in [0.4, 0.5) is 0 Å². The van der Waals surface area contributed by atoms with Crippen molar-refractivity contribution in [1.29, 1.82) is 0 Å². The lowest BCUT2D eigenvalue weighted by Crippen LogP contribution is -1.93. The second-order valence-corrected chi connectivity index (χ2v) is 7.90. The van der Waals surface area contributed by atoms with Gasteiger partial charge in [0.2, 0.25) is 0 Å². The van der Waals surface area contributed by atoms with E-state index in [0.29, 0.717) is 5.75 Å². The van der Waals surface area contributed by atoms with Crippen LogP contribution in [-0.4, -0.2) is 10.2 Å². The fourth-order valence-corrected chi connectivity index (χ4v) is 2.97. The van der Waals surface area contributed by atoms with E-state index in [9.17, 15) is 10.2 Å². The first-order valence-electron chi connectivity index (χ1n) is 9.85.